The van der Waals surface area contributed by atoms with Crippen molar-refractivity contribution < 1.29 is 14.3 Å². The second-order valence-electron chi connectivity index (χ2n) is 6.35. The van der Waals surface area contributed by atoms with Gasteiger partial charge in [0.15, 0.2) is 17.3 Å². The number of hydrogen-bond donors (Lipinski definition) is 1. The number of fused-ring (bicyclic) bond motifs is 1. The lowest BCUT2D eigenvalue weighted by molar-refractivity contribution is -0.114. The van der Waals surface area contributed by atoms with E-state index >= 15 is 0 Å². The van der Waals surface area contributed by atoms with Crippen LogP contribution in [0.25, 0.3) is 6.08 Å². The van der Waals surface area contributed by atoms with Crippen LogP contribution in [0.3, 0.4) is 0 Å². The number of benzene rings is 2. The highest BCUT2D eigenvalue weighted by molar-refractivity contribution is 8.27. The first kappa shape index (κ1) is 18.9. The number of thioether (sulfide) groups is 1. The largest absolute Gasteiger partial charge is 0.493 e. The van der Waals surface area contributed by atoms with Gasteiger partial charge in [0.2, 0.25) is 5.17 Å². The van der Waals surface area contributed by atoms with Crippen molar-refractivity contribution in [1.29, 1.82) is 5.41 Å². The molecule has 2 aliphatic rings. The van der Waals surface area contributed by atoms with Crippen LogP contribution in [0, 0.1) is 12.3 Å². The second kappa shape index (κ2) is 7.56. The summed E-state index contributed by atoms with van der Waals surface area (Å²) in [5, 5.41) is 15.6. The van der Waals surface area contributed by atoms with Crippen molar-refractivity contribution in [1.82, 2.24) is 5.01 Å². The lowest BCUT2D eigenvalue weighted by atomic mass is 10.1. The average molecular weight is 406 g/mol. The molecule has 0 aromatic heterocycles. The summed E-state index contributed by atoms with van der Waals surface area (Å²) in [6.45, 7) is 2.00. The molecule has 0 saturated carbocycles. The summed E-state index contributed by atoms with van der Waals surface area (Å²) in [5.41, 5.74) is 2.89. The Morgan fingerprint density at radius 1 is 1.10 bits per heavy atom. The Kier molecular flexibility index (Phi) is 4.94. The maximum absolute atomic E-state index is 12.6. The molecule has 0 spiro atoms. The summed E-state index contributed by atoms with van der Waals surface area (Å²) >= 11 is 1.29. The zero-order valence-electron chi connectivity index (χ0n) is 16.1. The molecule has 2 heterocycles. The third-order valence-electron chi connectivity index (χ3n) is 4.55. The van der Waals surface area contributed by atoms with Gasteiger partial charge in [-0.05, 0) is 48.0 Å². The van der Waals surface area contributed by atoms with Gasteiger partial charge >= 0.3 is 0 Å². The molecule has 8 heteroatoms. The van der Waals surface area contributed by atoms with Crippen LogP contribution in [-0.4, -0.2) is 41.2 Å². The van der Waals surface area contributed by atoms with Gasteiger partial charge in [0.1, 0.15) is 5.04 Å². The number of amides is 1. The van der Waals surface area contributed by atoms with Crippen molar-refractivity contribution in [3.05, 3.63) is 64.7 Å². The molecule has 0 aliphatic carbocycles. The highest BCUT2D eigenvalue weighted by Gasteiger charge is 2.36. The van der Waals surface area contributed by atoms with E-state index in [-0.39, 0.29) is 11.4 Å². The fourth-order valence-corrected chi connectivity index (χ4v) is 4.00. The number of aryl methyl sites for hydroxylation is 1. The number of nitrogens with one attached hydrogen (secondary N) is 1. The number of hydrazone groups is 1. The minimum atomic E-state index is -0.468. The number of rotatable bonds is 4. The summed E-state index contributed by atoms with van der Waals surface area (Å²) < 4.78 is 10.5. The van der Waals surface area contributed by atoms with Crippen LogP contribution in [0.1, 0.15) is 16.7 Å². The van der Waals surface area contributed by atoms with Crippen LogP contribution in [0.2, 0.25) is 0 Å². The summed E-state index contributed by atoms with van der Waals surface area (Å²) in [6.07, 6.45) is 1.61. The zero-order valence-corrected chi connectivity index (χ0v) is 16.9. The first-order valence-electron chi connectivity index (χ1n) is 8.80. The molecule has 2 aromatic carbocycles. The smallest absolute Gasteiger partial charge is 0.283 e. The van der Waals surface area contributed by atoms with E-state index in [4.69, 9.17) is 14.9 Å². The minimum absolute atomic E-state index is 0.00845. The molecule has 29 heavy (non-hydrogen) atoms. The van der Waals surface area contributed by atoms with Crippen LogP contribution in [0.4, 0.5) is 0 Å². The highest BCUT2D eigenvalue weighted by Crippen LogP contribution is 2.33. The highest BCUT2D eigenvalue weighted by atomic mass is 32.2. The van der Waals surface area contributed by atoms with E-state index in [1.165, 1.54) is 16.8 Å². The van der Waals surface area contributed by atoms with Crippen LogP contribution >= 0.6 is 11.8 Å². The maximum Gasteiger partial charge on any atom is 0.283 e. The molecule has 146 valence electrons. The van der Waals surface area contributed by atoms with Gasteiger partial charge in [0.25, 0.3) is 5.91 Å². The number of amidine groups is 2. The van der Waals surface area contributed by atoms with Gasteiger partial charge in [0, 0.05) is 5.56 Å². The van der Waals surface area contributed by atoms with E-state index < -0.39 is 5.91 Å². The molecular formula is C21H18N4O3S. The van der Waals surface area contributed by atoms with Crippen molar-refractivity contribution in [2.75, 3.05) is 14.2 Å². The van der Waals surface area contributed by atoms with Gasteiger partial charge in [-0.1, -0.05) is 30.3 Å². The number of aliphatic imine (C=N–C) groups is 1. The Morgan fingerprint density at radius 2 is 1.86 bits per heavy atom. The molecule has 2 aromatic rings. The molecule has 2 aliphatic heterocycles. The van der Waals surface area contributed by atoms with E-state index in [0.29, 0.717) is 27.3 Å². The van der Waals surface area contributed by atoms with E-state index in [1.807, 2.05) is 31.2 Å². The molecule has 0 fully saturated rings. The minimum Gasteiger partial charge on any atom is -0.493 e. The summed E-state index contributed by atoms with van der Waals surface area (Å²) in [6, 6.07) is 13.1. The van der Waals surface area contributed by atoms with Gasteiger partial charge < -0.3 is 9.47 Å². The molecule has 0 radical (unpaired) electrons. The van der Waals surface area contributed by atoms with Crippen molar-refractivity contribution in [2.45, 2.75) is 6.92 Å². The Hall–Kier alpha value is -3.39. The van der Waals surface area contributed by atoms with Gasteiger partial charge in [-0.25, -0.2) is 0 Å². The van der Waals surface area contributed by atoms with Crippen molar-refractivity contribution >= 4 is 39.8 Å². The van der Waals surface area contributed by atoms with Crippen LogP contribution in [0.15, 0.2) is 58.1 Å². The van der Waals surface area contributed by atoms with Crippen LogP contribution < -0.4 is 9.47 Å². The predicted octanol–water partition coefficient (Wildman–Crippen LogP) is 3.68. The van der Waals surface area contributed by atoms with Crippen molar-refractivity contribution in [2.24, 2.45) is 10.1 Å². The van der Waals surface area contributed by atoms with E-state index in [2.05, 4.69) is 10.1 Å². The molecule has 0 bridgehead atoms. The molecule has 1 amide bonds. The number of methoxy groups -OCH3 is 2. The third-order valence-corrected chi connectivity index (χ3v) is 5.49. The van der Waals surface area contributed by atoms with E-state index in [9.17, 15) is 4.79 Å². The molecular weight excluding hydrogens is 388 g/mol. The first-order chi connectivity index (χ1) is 14.0. The lowest BCUT2D eigenvalue weighted by Gasteiger charge is -2.20. The summed E-state index contributed by atoms with van der Waals surface area (Å²) in [4.78, 5) is 16.7. The zero-order chi connectivity index (χ0) is 20.5. The van der Waals surface area contributed by atoms with Gasteiger partial charge in [-0.2, -0.15) is 15.1 Å². The Bertz CT molecular complexity index is 1120. The molecule has 0 atom stereocenters. The monoisotopic (exact) mass is 406 g/mol. The van der Waals surface area contributed by atoms with Gasteiger partial charge in [-0.15, -0.1) is 0 Å². The first-order valence-corrected chi connectivity index (χ1v) is 9.61. The molecule has 0 saturated heterocycles. The number of hydrogen-bond acceptors (Lipinski definition) is 6. The lowest BCUT2D eigenvalue weighted by Crippen LogP contribution is -2.35. The van der Waals surface area contributed by atoms with Crippen molar-refractivity contribution in [3.8, 4) is 11.5 Å². The Balaban J connectivity index is 1.69. The molecule has 4 rings (SSSR count). The number of carbonyl (C=O) groups is 1. The fraction of sp³-hybridized carbons (Fsp3) is 0.143. The van der Waals surface area contributed by atoms with Crippen LogP contribution in [-0.2, 0) is 4.79 Å². The summed E-state index contributed by atoms with van der Waals surface area (Å²) in [5.74, 6) is 0.650. The quantitative estimate of drug-likeness (QED) is 0.783. The van der Waals surface area contributed by atoms with Crippen molar-refractivity contribution in [3.63, 3.8) is 0 Å². The van der Waals surface area contributed by atoms with E-state index in [0.717, 1.165) is 11.1 Å². The fourth-order valence-electron chi connectivity index (χ4n) is 3.02. The third kappa shape index (κ3) is 3.42. The standard InChI is InChI=1S/C21H18N4O3S/c1-12-6-4-5-7-14(12)20-24-25-18(22)15(19(26)23-21(25)29-20)10-13-8-9-16(27-2)17(11-13)28-3/h4-11,22H,1-3H3. The SMILES string of the molecule is COc1ccc(C=C2C(=N)N3N=C(c4ccccc4C)SC3=NC2=O)cc1OC. The summed E-state index contributed by atoms with van der Waals surface area (Å²) in [7, 11) is 3.10. The van der Waals surface area contributed by atoms with Gasteiger partial charge in [-0.3, -0.25) is 10.2 Å². The Labute approximate surface area is 172 Å². The molecule has 0 unspecified atom stereocenters. The number of ether oxygens (including phenoxy) is 2. The Morgan fingerprint density at radius 3 is 2.59 bits per heavy atom. The normalized spacial score (nSPS) is 17.2. The molecule has 7 nitrogen and oxygen atoms in total. The van der Waals surface area contributed by atoms with Gasteiger partial charge in [0.05, 0.1) is 19.8 Å². The predicted molar refractivity (Wildman–Crippen MR) is 115 cm³/mol. The average Bonchev–Trinajstić information content (AvgIpc) is 3.15. The second-order valence-corrected chi connectivity index (χ2v) is 7.31. The van der Waals surface area contributed by atoms with Crippen LogP contribution in [0.5, 0.6) is 11.5 Å². The molecule has 1 N–H and O–H groups in total. The topological polar surface area (TPSA) is 87.3 Å². The number of carbonyl (C=O) groups excluding carboxylic acids is 1. The van der Waals surface area contributed by atoms with E-state index in [1.54, 1.807) is 38.5 Å². The number of nitrogens with zero attached hydrogens (tertiary/aromatic N) is 3. The maximum atomic E-state index is 12.6.